The van der Waals surface area contributed by atoms with Crippen molar-refractivity contribution in [2.45, 2.75) is 5.41 Å². The Bertz CT molecular complexity index is 3460. The van der Waals surface area contributed by atoms with Crippen molar-refractivity contribution in [3.05, 3.63) is 234 Å². The van der Waals surface area contributed by atoms with Gasteiger partial charge in [0.1, 0.15) is 11.2 Å². The smallest absolute Gasteiger partial charge is 0.140 e. The Morgan fingerprint density at radius 1 is 0.473 bits per heavy atom. The zero-order valence-corrected chi connectivity index (χ0v) is 29.5. The first-order valence-electron chi connectivity index (χ1n) is 21.9. The summed E-state index contributed by atoms with van der Waals surface area (Å²) in [6, 6.07) is 54.0. The van der Waals surface area contributed by atoms with Gasteiger partial charge in [-0.15, -0.1) is 0 Å². The number of para-hydroxylation sites is 4. The van der Waals surface area contributed by atoms with E-state index >= 15 is 0 Å². The second-order valence-electron chi connectivity index (χ2n) is 13.9. The molecule has 0 saturated carbocycles. The average molecular weight is 709 g/mol. The lowest BCUT2D eigenvalue weighted by Crippen LogP contribution is -2.29. The van der Waals surface area contributed by atoms with Crippen LogP contribution < -0.4 is 4.90 Å². The van der Waals surface area contributed by atoms with Crippen molar-refractivity contribution in [1.82, 2.24) is 0 Å². The van der Waals surface area contributed by atoms with Crippen LogP contribution in [0.2, 0.25) is 0 Å². The summed E-state index contributed by atoms with van der Waals surface area (Å²) in [5, 5.41) is 1.50. The molecular weight excluding hydrogens is 667 g/mol. The molecule has 1 unspecified atom stereocenters. The van der Waals surface area contributed by atoms with E-state index in [4.69, 9.17) is 9.90 Å². The van der Waals surface area contributed by atoms with Crippen LogP contribution in [0.3, 0.4) is 0 Å². The molecule has 0 aliphatic heterocycles. The van der Waals surface area contributed by atoms with Crippen LogP contribution in [0, 0.1) is 0 Å². The van der Waals surface area contributed by atoms with E-state index in [0.29, 0.717) is 16.7 Å². The summed E-state index contributed by atoms with van der Waals surface area (Å²) in [4.78, 5) is 2.24. The average Bonchev–Trinajstić information content (AvgIpc) is 3.83. The van der Waals surface area contributed by atoms with Crippen LogP contribution in [0.1, 0.15) is 31.8 Å². The van der Waals surface area contributed by atoms with E-state index < -0.39 is 29.6 Å². The normalized spacial score (nSPS) is 16.4. The Labute approximate surface area is 330 Å². The van der Waals surface area contributed by atoms with E-state index in [1.807, 2.05) is 115 Å². The topological polar surface area (TPSA) is 16.4 Å². The van der Waals surface area contributed by atoms with Crippen molar-refractivity contribution in [3.63, 3.8) is 0 Å². The van der Waals surface area contributed by atoms with Crippen LogP contribution in [0.25, 0.3) is 55.0 Å². The van der Waals surface area contributed by atoms with Crippen molar-refractivity contribution in [2.24, 2.45) is 0 Å². The minimum absolute atomic E-state index is 0.0986. The van der Waals surface area contributed by atoms with Crippen LogP contribution in [0.5, 0.6) is 0 Å². The highest BCUT2D eigenvalue weighted by molar-refractivity contribution is 6.07. The predicted molar refractivity (Wildman–Crippen MR) is 229 cm³/mol. The van der Waals surface area contributed by atoms with Crippen molar-refractivity contribution >= 4 is 49.8 Å². The Kier molecular flexibility index (Phi) is 5.66. The molecule has 0 N–H and O–H groups in total. The summed E-state index contributed by atoms with van der Waals surface area (Å²) < 4.78 is 71.3. The zero-order chi connectivity index (χ0) is 42.4. The molecule has 258 valence electrons. The molecule has 10 aromatic rings. The molecule has 1 atom stereocenters. The molecule has 1 aliphatic carbocycles. The second-order valence-corrected chi connectivity index (χ2v) is 13.9. The predicted octanol–water partition coefficient (Wildman–Crippen LogP) is 14.2. The summed E-state index contributed by atoms with van der Waals surface area (Å²) in [7, 11) is 0. The van der Waals surface area contributed by atoms with Crippen LogP contribution in [-0.2, 0) is 5.41 Å². The summed E-state index contributed by atoms with van der Waals surface area (Å²) in [6.45, 7) is 0. The largest absolute Gasteiger partial charge is 0.456 e. The van der Waals surface area contributed by atoms with E-state index in [2.05, 4.69) is 59.5 Å². The molecule has 0 radical (unpaired) electrons. The van der Waals surface area contributed by atoms with Gasteiger partial charge in [-0.05, 0) is 86.6 Å². The monoisotopic (exact) mass is 708 g/mol. The molecule has 0 bridgehead atoms. The third-order valence-electron chi connectivity index (χ3n) is 11.0. The summed E-state index contributed by atoms with van der Waals surface area (Å²) >= 11 is 0. The van der Waals surface area contributed by atoms with Crippen molar-refractivity contribution in [3.8, 4) is 22.3 Å². The van der Waals surface area contributed by atoms with Crippen LogP contribution in [0.4, 0.5) is 17.1 Å². The highest BCUT2D eigenvalue weighted by Crippen LogP contribution is 2.59. The molecular formula is C53H35NO. The Hall–Kier alpha value is -7.16. The molecule has 0 saturated heterocycles. The fourth-order valence-corrected chi connectivity index (χ4v) is 8.65. The number of fused-ring (bicyclic) bond motifs is 7. The molecule has 1 heterocycles. The van der Waals surface area contributed by atoms with E-state index in [0.717, 1.165) is 61.2 Å². The van der Waals surface area contributed by atoms with Crippen molar-refractivity contribution < 1.29 is 14.0 Å². The first-order valence-corrected chi connectivity index (χ1v) is 18.4. The van der Waals surface area contributed by atoms with Gasteiger partial charge in [0, 0.05) is 33.3 Å². The lowest BCUT2D eigenvalue weighted by molar-refractivity contribution is 0.648. The van der Waals surface area contributed by atoms with Crippen LogP contribution in [0.15, 0.2) is 217 Å². The maximum atomic E-state index is 10.1. The summed E-state index contributed by atoms with van der Waals surface area (Å²) in [6.07, 6.45) is 0. The van der Waals surface area contributed by atoms with E-state index in [9.17, 15) is 4.11 Å². The lowest BCUT2D eigenvalue weighted by Gasteiger charge is -2.34. The Morgan fingerprint density at radius 3 is 2.02 bits per heavy atom. The molecule has 9 aromatic carbocycles. The fraction of sp³-hybridized carbons (Fsp3) is 0.0189. The first-order chi connectivity index (χ1) is 30.2. The molecule has 1 aromatic heterocycles. The van der Waals surface area contributed by atoms with Gasteiger partial charge in [0.2, 0.25) is 0 Å². The number of furan rings is 1. The number of hydrogen-bond donors (Lipinski definition) is 0. The van der Waals surface area contributed by atoms with E-state index in [1.54, 1.807) is 0 Å². The molecule has 0 fully saturated rings. The number of anilines is 3. The van der Waals surface area contributed by atoms with Crippen molar-refractivity contribution in [2.75, 3.05) is 4.90 Å². The van der Waals surface area contributed by atoms with Gasteiger partial charge in [-0.25, -0.2) is 0 Å². The van der Waals surface area contributed by atoms with Crippen LogP contribution >= 0.6 is 0 Å². The summed E-state index contributed by atoms with van der Waals surface area (Å²) in [5.74, 6) is 0. The van der Waals surface area contributed by atoms with Gasteiger partial charge >= 0.3 is 0 Å². The first kappa shape index (κ1) is 25.0. The Morgan fingerprint density at radius 2 is 1.15 bits per heavy atom. The van der Waals surface area contributed by atoms with Gasteiger partial charge in [-0.3, -0.25) is 0 Å². The molecule has 0 spiro atoms. The molecule has 11 rings (SSSR count). The highest BCUT2D eigenvalue weighted by Gasteiger charge is 2.48. The Balaban J connectivity index is 1.28. The van der Waals surface area contributed by atoms with Crippen molar-refractivity contribution in [1.29, 1.82) is 0 Å². The van der Waals surface area contributed by atoms with Gasteiger partial charge in [-0.2, -0.15) is 0 Å². The van der Waals surface area contributed by atoms with Gasteiger partial charge in [0.25, 0.3) is 0 Å². The second kappa shape index (κ2) is 12.5. The van der Waals surface area contributed by atoms with E-state index in [-0.39, 0.29) is 34.5 Å². The maximum Gasteiger partial charge on any atom is 0.140 e. The zero-order valence-electron chi connectivity index (χ0n) is 36.5. The number of hydrogen-bond acceptors (Lipinski definition) is 2. The minimum atomic E-state index is -1.45. The lowest BCUT2D eigenvalue weighted by atomic mass is 9.67. The highest BCUT2D eigenvalue weighted by atomic mass is 16.3. The molecule has 2 heteroatoms. The number of nitrogens with zero attached hydrogens (tertiary/aromatic N) is 1. The quantitative estimate of drug-likeness (QED) is 0.171. The molecule has 2 nitrogen and oxygen atoms in total. The molecule has 1 aliphatic rings. The fourth-order valence-electron chi connectivity index (χ4n) is 8.65. The third kappa shape index (κ3) is 4.75. The summed E-state index contributed by atoms with van der Waals surface area (Å²) in [5.41, 5.74) is 8.71. The van der Waals surface area contributed by atoms with Crippen LogP contribution in [-0.4, -0.2) is 0 Å². The van der Waals surface area contributed by atoms with Gasteiger partial charge in [0.15, 0.2) is 0 Å². The van der Waals surface area contributed by atoms with Gasteiger partial charge < -0.3 is 9.32 Å². The standard InChI is InChI=1S/C53H35NO/c1-3-17-37(18-4-1)42-22-10-13-28-50(42)54(40-20-5-2-6-21-40)41-32-33-48-46(35-41)43-23-9-12-26-47(43)53(48,39-31-30-36-16-7-8-19-38(36)34-39)49-27-15-25-45-44-24-11-14-29-51(44)55-52(45)49/h1-35H/i7D,8D,16D,19D,30D,31D,34D. The van der Waals surface area contributed by atoms with Gasteiger partial charge in [-0.1, -0.05) is 170 Å². The number of rotatable bonds is 6. The minimum Gasteiger partial charge on any atom is -0.456 e. The maximum absolute atomic E-state index is 10.1. The number of benzene rings is 9. The third-order valence-corrected chi connectivity index (χ3v) is 11.0. The SMILES string of the molecule is [2H]c1c([2H])c([2H])c2c([2H])c(C3(c4cccc5c4oc4ccccc45)c4ccccc4-c4cc(N(c5ccccc5)c5ccccc5-c5ccccc5)ccc43)c([2H])c([2H])c2c1[2H]. The molecule has 0 amide bonds. The van der Waals surface area contributed by atoms with E-state index in [1.165, 1.54) is 0 Å². The molecule has 55 heavy (non-hydrogen) atoms. The van der Waals surface area contributed by atoms with Gasteiger partial charge in [0.05, 0.1) is 20.7 Å².